The zero-order valence-electron chi connectivity index (χ0n) is 12.2. The van der Waals surface area contributed by atoms with Crippen LogP contribution in [0.4, 0.5) is 14.5 Å². The lowest BCUT2D eigenvalue weighted by Crippen LogP contribution is -2.15. The van der Waals surface area contributed by atoms with Gasteiger partial charge >= 0.3 is 0 Å². The van der Waals surface area contributed by atoms with E-state index in [1.54, 1.807) is 0 Å². The smallest absolute Gasteiger partial charge is 0.224 e. The van der Waals surface area contributed by atoms with Crippen LogP contribution in [0.15, 0.2) is 42.5 Å². The summed E-state index contributed by atoms with van der Waals surface area (Å²) in [5.41, 5.74) is 0.471. The fourth-order valence-electron chi connectivity index (χ4n) is 2.07. The van der Waals surface area contributed by atoms with Crippen LogP contribution < -0.4 is 10.1 Å². The van der Waals surface area contributed by atoms with E-state index in [0.717, 1.165) is 23.4 Å². The van der Waals surface area contributed by atoms with Crippen molar-refractivity contribution in [3.8, 4) is 5.75 Å². The Bertz CT molecular complexity index is 639. The maximum atomic E-state index is 13.5. The van der Waals surface area contributed by atoms with Crippen molar-refractivity contribution >= 4 is 11.6 Å². The van der Waals surface area contributed by atoms with E-state index in [2.05, 4.69) is 5.32 Å². The summed E-state index contributed by atoms with van der Waals surface area (Å²) in [5.74, 6) is -1.31. The summed E-state index contributed by atoms with van der Waals surface area (Å²) in [4.78, 5) is 11.9. The van der Waals surface area contributed by atoms with Crippen molar-refractivity contribution < 1.29 is 18.3 Å². The Hall–Kier alpha value is -2.43. The van der Waals surface area contributed by atoms with Gasteiger partial charge in [0.1, 0.15) is 23.1 Å². The number of hydrogen-bond acceptors (Lipinski definition) is 2. The minimum Gasteiger partial charge on any atom is -0.494 e. The molecule has 2 rings (SSSR count). The number of rotatable bonds is 6. The van der Waals surface area contributed by atoms with Crippen molar-refractivity contribution in [3.63, 3.8) is 0 Å². The van der Waals surface area contributed by atoms with Crippen molar-refractivity contribution in [2.75, 3.05) is 11.9 Å². The first-order valence-corrected chi connectivity index (χ1v) is 7.06. The molecule has 2 aromatic carbocycles. The summed E-state index contributed by atoms with van der Waals surface area (Å²) in [6, 6.07) is 10.8. The van der Waals surface area contributed by atoms with Crippen molar-refractivity contribution in [2.45, 2.75) is 19.8 Å². The lowest BCUT2D eigenvalue weighted by molar-refractivity contribution is -0.116. The van der Waals surface area contributed by atoms with Crippen molar-refractivity contribution in [1.29, 1.82) is 0 Å². The number of anilines is 1. The number of carbonyl (C=O) groups is 1. The third-order valence-corrected chi connectivity index (χ3v) is 3.12. The average Bonchev–Trinajstić information content (AvgIpc) is 2.50. The van der Waals surface area contributed by atoms with Crippen LogP contribution in [0.3, 0.4) is 0 Å². The van der Waals surface area contributed by atoms with Gasteiger partial charge in [-0.15, -0.1) is 0 Å². The molecule has 0 saturated carbocycles. The lowest BCUT2D eigenvalue weighted by atomic mass is 10.1. The largest absolute Gasteiger partial charge is 0.494 e. The van der Waals surface area contributed by atoms with Gasteiger partial charge in [-0.3, -0.25) is 4.79 Å². The summed E-state index contributed by atoms with van der Waals surface area (Å²) in [7, 11) is 0. The number of halogens is 2. The fraction of sp³-hybridized carbons (Fsp3) is 0.235. The minimum atomic E-state index is -0.789. The zero-order valence-corrected chi connectivity index (χ0v) is 12.2. The molecular weight excluding hydrogens is 288 g/mol. The minimum absolute atomic E-state index is 0.109. The molecule has 0 saturated heterocycles. The molecule has 0 unspecified atom stereocenters. The molecule has 2 aromatic rings. The predicted molar refractivity (Wildman–Crippen MR) is 80.9 cm³/mol. The lowest BCUT2D eigenvalue weighted by Gasteiger charge is -2.10. The highest BCUT2D eigenvalue weighted by atomic mass is 19.1. The Morgan fingerprint density at radius 2 is 1.77 bits per heavy atom. The van der Waals surface area contributed by atoms with E-state index in [1.165, 1.54) is 6.07 Å². The number of hydrogen-bond donors (Lipinski definition) is 1. The highest BCUT2D eigenvalue weighted by Crippen LogP contribution is 2.21. The fourth-order valence-corrected chi connectivity index (χ4v) is 2.07. The van der Waals surface area contributed by atoms with Gasteiger partial charge in [-0.1, -0.05) is 24.3 Å². The Morgan fingerprint density at radius 3 is 2.45 bits per heavy atom. The van der Waals surface area contributed by atoms with Crippen molar-refractivity contribution in [1.82, 2.24) is 0 Å². The first-order chi connectivity index (χ1) is 10.6. The first kappa shape index (κ1) is 15.9. The predicted octanol–water partition coefficient (Wildman–Crippen LogP) is 3.93. The molecule has 0 aliphatic rings. The van der Waals surface area contributed by atoms with Gasteiger partial charge in [-0.05, 0) is 37.1 Å². The van der Waals surface area contributed by atoms with E-state index >= 15 is 0 Å². The molecule has 0 heterocycles. The molecule has 0 aromatic heterocycles. The number of ether oxygens (including phenoxy) is 1. The Labute approximate surface area is 127 Å². The van der Waals surface area contributed by atoms with Crippen LogP contribution in [0.5, 0.6) is 5.75 Å². The van der Waals surface area contributed by atoms with Crippen molar-refractivity contribution in [3.05, 3.63) is 59.7 Å². The molecular formula is C17H17F2NO2. The standard InChI is InChI=1S/C17H17F2NO2/c1-2-22-15-9-4-3-6-12(15)10-11-16(21)20-17-13(18)7-5-8-14(17)19/h3-9H,2,10-11H2,1H3,(H,20,21). The monoisotopic (exact) mass is 305 g/mol. The molecule has 0 bridgehead atoms. The quantitative estimate of drug-likeness (QED) is 0.878. The molecule has 0 spiro atoms. The highest BCUT2D eigenvalue weighted by Gasteiger charge is 2.12. The van der Waals surface area contributed by atoms with Gasteiger partial charge in [-0.25, -0.2) is 8.78 Å². The molecule has 0 aliphatic heterocycles. The van der Waals surface area contributed by atoms with Crippen LogP contribution in [0.2, 0.25) is 0 Å². The van der Waals surface area contributed by atoms with Crippen LogP contribution in [-0.4, -0.2) is 12.5 Å². The van der Waals surface area contributed by atoms with Crippen molar-refractivity contribution in [2.24, 2.45) is 0 Å². The van der Waals surface area contributed by atoms with Gasteiger partial charge in [0.2, 0.25) is 5.91 Å². The molecule has 0 aliphatic carbocycles. The van der Waals surface area contributed by atoms with Gasteiger partial charge < -0.3 is 10.1 Å². The van der Waals surface area contributed by atoms with E-state index < -0.39 is 23.2 Å². The number of carbonyl (C=O) groups excluding carboxylic acids is 1. The SMILES string of the molecule is CCOc1ccccc1CCC(=O)Nc1c(F)cccc1F. The van der Waals surface area contributed by atoms with E-state index in [0.29, 0.717) is 13.0 Å². The van der Waals surface area contributed by atoms with Crippen LogP contribution >= 0.6 is 0 Å². The Morgan fingerprint density at radius 1 is 1.09 bits per heavy atom. The number of aryl methyl sites for hydroxylation is 1. The summed E-state index contributed by atoms with van der Waals surface area (Å²) < 4.78 is 32.4. The van der Waals surface area contributed by atoms with Gasteiger partial charge in [0.15, 0.2) is 0 Å². The molecule has 116 valence electrons. The summed E-state index contributed by atoms with van der Waals surface area (Å²) >= 11 is 0. The molecule has 0 fully saturated rings. The molecule has 22 heavy (non-hydrogen) atoms. The number of benzene rings is 2. The van der Waals surface area contributed by atoms with Gasteiger partial charge in [0.25, 0.3) is 0 Å². The van der Waals surface area contributed by atoms with Gasteiger partial charge in [0, 0.05) is 6.42 Å². The second-order valence-corrected chi connectivity index (χ2v) is 4.69. The van der Waals surface area contributed by atoms with Crippen LogP contribution in [0.25, 0.3) is 0 Å². The van der Waals surface area contributed by atoms with Gasteiger partial charge in [-0.2, -0.15) is 0 Å². The van der Waals surface area contributed by atoms with Crippen LogP contribution in [0, 0.1) is 11.6 Å². The first-order valence-electron chi connectivity index (χ1n) is 7.06. The number of amides is 1. The van der Waals surface area contributed by atoms with E-state index in [-0.39, 0.29) is 6.42 Å². The molecule has 0 radical (unpaired) electrons. The third-order valence-electron chi connectivity index (χ3n) is 3.12. The second-order valence-electron chi connectivity index (χ2n) is 4.69. The van der Waals surface area contributed by atoms with E-state index in [4.69, 9.17) is 4.74 Å². The molecule has 3 nitrogen and oxygen atoms in total. The third kappa shape index (κ3) is 4.04. The van der Waals surface area contributed by atoms with E-state index in [1.807, 2.05) is 31.2 Å². The average molecular weight is 305 g/mol. The highest BCUT2D eigenvalue weighted by molar-refractivity contribution is 5.91. The molecule has 0 atom stereocenters. The summed E-state index contributed by atoms with van der Waals surface area (Å²) in [6.45, 7) is 2.41. The Balaban J connectivity index is 1.99. The maximum absolute atomic E-state index is 13.5. The summed E-state index contributed by atoms with van der Waals surface area (Å²) in [6.07, 6.45) is 0.538. The van der Waals surface area contributed by atoms with Crippen LogP contribution in [-0.2, 0) is 11.2 Å². The maximum Gasteiger partial charge on any atom is 0.224 e. The van der Waals surface area contributed by atoms with Crippen LogP contribution in [0.1, 0.15) is 18.9 Å². The zero-order chi connectivity index (χ0) is 15.9. The molecule has 1 amide bonds. The number of para-hydroxylation sites is 2. The summed E-state index contributed by atoms with van der Waals surface area (Å²) in [5, 5.41) is 2.27. The Kier molecular flexibility index (Phi) is 5.47. The molecule has 1 N–H and O–H groups in total. The van der Waals surface area contributed by atoms with E-state index in [9.17, 15) is 13.6 Å². The normalized spacial score (nSPS) is 10.3. The number of nitrogens with one attached hydrogen (secondary N) is 1. The molecule has 5 heteroatoms. The second kappa shape index (κ2) is 7.54. The topological polar surface area (TPSA) is 38.3 Å². The van der Waals surface area contributed by atoms with Gasteiger partial charge in [0.05, 0.1) is 6.61 Å².